The average Bonchev–Trinajstić information content (AvgIpc) is 2.01. The molecule has 7 heteroatoms. The molecule has 0 bridgehead atoms. The molecule has 1 N–H and O–H groups in total. The highest BCUT2D eigenvalue weighted by Crippen LogP contribution is 2.23. The number of ether oxygens (including phenoxy) is 1. The minimum Gasteiger partial charge on any atom is -0.404 e. The second-order valence-corrected chi connectivity index (χ2v) is 2.21. The number of nitriles is 1. The molecule has 4 nitrogen and oxygen atoms in total. The summed E-state index contributed by atoms with van der Waals surface area (Å²) in [5.41, 5.74) is -1.63. The number of hydrogen-bond donors (Lipinski definition) is 1. The summed E-state index contributed by atoms with van der Waals surface area (Å²) in [5, 5.41) is 8.38. The number of hydrogen-bond acceptors (Lipinski definition) is 3. The molecule has 0 amide bonds. The second-order valence-electron chi connectivity index (χ2n) is 2.21. The lowest BCUT2D eigenvalue weighted by Gasteiger charge is -2.08. The number of pyridine rings is 1. The third kappa shape index (κ3) is 2.26. The Labute approximate surface area is 75.5 Å². The molecule has 0 spiro atoms. The Hall–Kier alpha value is -1.97. The van der Waals surface area contributed by atoms with Crippen LogP contribution in [0.4, 0.5) is 13.2 Å². The van der Waals surface area contributed by atoms with Crippen LogP contribution in [0.25, 0.3) is 0 Å². The van der Waals surface area contributed by atoms with Crippen molar-refractivity contribution < 1.29 is 17.9 Å². The molecule has 0 aliphatic rings. The molecule has 0 aliphatic carbocycles. The van der Waals surface area contributed by atoms with Crippen LogP contribution in [0.5, 0.6) is 5.75 Å². The van der Waals surface area contributed by atoms with Crippen molar-refractivity contribution in [2.45, 2.75) is 6.36 Å². The van der Waals surface area contributed by atoms with Gasteiger partial charge in [-0.05, 0) is 6.07 Å². The molecule has 1 heterocycles. The van der Waals surface area contributed by atoms with Gasteiger partial charge < -0.3 is 9.72 Å². The average molecular weight is 204 g/mol. The van der Waals surface area contributed by atoms with Crippen molar-refractivity contribution in [2.75, 3.05) is 0 Å². The fraction of sp³-hybridized carbons (Fsp3) is 0.143. The molecule has 0 fully saturated rings. The molecule has 1 aromatic rings. The quantitative estimate of drug-likeness (QED) is 0.745. The van der Waals surface area contributed by atoms with E-state index in [1.165, 1.54) is 6.07 Å². The van der Waals surface area contributed by atoms with E-state index >= 15 is 0 Å². The number of alkyl halides is 3. The van der Waals surface area contributed by atoms with Crippen molar-refractivity contribution in [2.24, 2.45) is 0 Å². The summed E-state index contributed by atoms with van der Waals surface area (Å²) in [7, 11) is 0. The van der Waals surface area contributed by atoms with Crippen molar-refractivity contribution in [3.63, 3.8) is 0 Å². The van der Waals surface area contributed by atoms with E-state index in [4.69, 9.17) is 5.26 Å². The number of halogens is 3. The van der Waals surface area contributed by atoms with E-state index in [1.807, 2.05) is 0 Å². The van der Waals surface area contributed by atoms with Crippen LogP contribution in [0, 0.1) is 11.3 Å². The predicted molar refractivity (Wildman–Crippen MR) is 38.5 cm³/mol. The SMILES string of the molecule is N#Cc1c(OC(F)(F)F)cc[nH]c1=O. The Morgan fingerprint density at radius 3 is 2.64 bits per heavy atom. The van der Waals surface area contributed by atoms with Crippen molar-refractivity contribution in [1.29, 1.82) is 5.26 Å². The summed E-state index contributed by atoms with van der Waals surface area (Å²) in [4.78, 5) is 12.9. The molecule has 0 atom stereocenters. The number of rotatable bonds is 1. The third-order valence-corrected chi connectivity index (χ3v) is 1.26. The first-order valence-electron chi connectivity index (χ1n) is 3.31. The van der Waals surface area contributed by atoms with E-state index < -0.39 is 23.2 Å². The maximum atomic E-state index is 11.7. The largest absolute Gasteiger partial charge is 0.573 e. The van der Waals surface area contributed by atoms with Gasteiger partial charge in [0.05, 0.1) is 0 Å². The zero-order chi connectivity index (χ0) is 10.8. The summed E-state index contributed by atoms with van der Waals surface area (Å²) in [6.45, 7) is 0. The molecule has 0 aromatic carbocycles. The van der Waals surface area contributed by atoms with Gasteiger partial charge >= 0.3 is 6.36 Å². The van der Waals surface area contributed by atoms with E-state index in [1.54, 1.807) is 0 Å². The highest BCUT2D eigenvalue weighted by atomic mass is 19.4. The van der Waals surface area contributed by atoms with Gasteiger partial charge in [-0.15, -0.1) is 13.2 Å². The molecule has 14 heavy (non-hydrogen) atoms. The van der Waals surface area contributed by atoms with Gasteiger partial charge in [0.2, 0.25) is 0 Å². The number of nitrogens with zero attached hydrogens (tertiary/aromatic N) is 1. The molecule has 0 radical (unpaired) electrons. The highest BCUT2D eigenvalue weighted by molar-refractivity contribution is 5.40. The van der Waals surface area contributed by atoms with Crippen molar-refractivity contribution in [3.05, 3.63) is 28.2 Å². The van der Waals surface area contributed by atoms with E-state index in [9.17, 15) is 18.0 Å². The number of H-pyrrole nitrogens is 1. The monoisotopic (exact) mass is 204 g/mol. The lowest BCUT2D eigenvalue weighted by atomic mass is 10.3. The lowest BCUT2D eigenvalue weighted by molar-refractivity contribution is -0.274. The van der Waals surface area contributed by atoms with Gasteiger partial charge in [0.25, 0.3) is 5.56 Å². The van der Waals surface area contributed by atoms with Crippen molar-refractivity contribution in [1.82, 2.24) is 4.98 Å². The molecule has 1 aromatic heterocycles. The highest BCUT2D eigenvalue weighted by Gasteiger charge is 2.32. The van der Waals surface area contributed by atoms with E-state index in [2.05, 4.69) is 9.72 Å². The standard InChI is InChI=1S/C7H3F3N2O2/c8-7(9,10)14-5-1-2-12-6(13)4(5)3-11/h1-2H,(H,12,13). The van der Waals surface area contributed by atoms with Crippen LogP contribution in [0.3, 0.4) is 0 Å². The predicted octanol–water partition coefficient (Wildman–Crippen LogP) is 1.15. The second kappa shape index (κ2) is 3.41. The van der Waals surface area contributed by atoms with Gasteiger partial charge in [-0.1, -0.05) is 0 Å². The lowest BCUT2D eigenvalue weighted by Crippen LogP contribution is -2.20. The van der Waals surface area contributed by atoms with Gasteiger partial charge in [0.15, 0.2) is 11.3 Å². The molecule has 0 aliphatic heterocycles. The summed E-state index contributed by atoms with van der Waals surface area (Å²) in [6, 6.07) is 2.17. The van der Waals surface area contributed by atoms with Crippen LogP contribution in [0.15, 0.2) is 17.1 Å². The number of aromatic nitrogens is 1. The molecule has 74 valence electrons. The maximum Gasteiger partial charge on any atom is 0.573 e. The van der Waals surface area contributed by atoms with Gasteiger partial charge in [0.1, 0.15) is 6.07 Å². The van der Waals surface area contributed by atoms with Gasteiger partial charge in [0, 0.05) is 6.20 Å². The van der Waals surface area contributed by atoms with E-state index in [0.29, 0.717) is 0 Å². The Balaban J connectivity index is 3.17. The Bertz CT molecular complexity index is 430. The molecule has 0 saturated carbocycles. The van der Waals surface area contributed by atoms with Gasteiger partial charge in [-0.2, -0.15) is 5.26 Å². The van der Waals surface area contributed by atoms with E-state index in [0.717, 1.165) is 12.3 Å². The van der Waals surface area contributed by atoms with Crippen LogP contribution in [0.2, 0.25) is 0 Å². The molecule has 0 unspecified atom stereocenters. The summed E-state index contributed by atoms with van der Waals surface area (Å²) >= 11 is 0. The topological polar surface area (TPSA) is 65.9 Å². The summed E-state index contributed by atoms with van der Waals surface area (Å²) < 4.78 is 38.7. The molecular formula is C7H3F3N2O2. The van der Waals surface area contributed by atoms with Crippen LogP contribution in [-0.2, 0) is 0 Å². The van der Waals surface area contributed by atoms with Crippen LogP contribution >= 0.6 is 0 Å². The van der Waals surface area contributed by atoms with Crippen LogP contribution in [0.1, 0.15) is 5.56 Å². The number of nitrogens with one attached hydrogen (secondary N) is 1. The Morgan fingerprint density at radius 1 is 1.50 bits per heavy atom. The first-order valence-corrected chi connectivity index (χ1v) is 3.31. The van der Waals surface area contributed by atoms with Crippen molar-refractivity contribution in [3.8, 4) is 11.8 Å². The normalized spacial score (nSPS) is 10.7. The van der Waals surface area contributed by atoms with Crippen LogP contribution in [-0.4, -0.2) is 11.3 Å². The summed E-state index contributed by atoms with van der Waals surface area (Å²) in [6.07, 6.45) is -3.95. The van der Waals surface area contributed by atoms with Gasteiger partial charge in [-0.25, -0.2) is 0 Å². The first kappa shape index (κ1) is 10.1. The Morgan fingerprint density at radius 2 is 2.14 bits per heavy atom. The Kier molecular flexibility index (Phi) is 2.47. The van der Waals surface area contributed by atoms with E-state index in [-0.39, 0.29) is 0 Å². The molecule has 0 saturated heterocycles. The first-order chi connectivity index (χ1) is 6.44. The van der Waals surface area contributed by atoms with Gasteiger partial charge in [-0.3, -0.25) is 4.79 Å². The maximum absolute atomic E-state index is 11.7. The minimum absolute atomic E-state index is 0.704. The van der Waals surface area contributed by atoms with Crippen molar-refractivity contribution >= 4 is 0 Å². The molecular weight excluding hydrogens is 201 g/mol. The number of aromatic amines is 1. The third-order valence-electron chi connectivity index (χ3n) is 1.26. The minimum atomic E-state index is -4.92. The fourth-order valence-electron chi connectivity index (χ4n) is 0.776. The fourth-order valence-corrected chi connectivity index (χ4v) is 0.776. The smallest absolute Gasteiger partial charge is 0.404 e. The summed E-state index contributed by atoms with van der Waals surface area (Å²) in [5.74, 6) is -0.802. The van der Waals surface area contributed by atoms with Crippen LogP contribution < -0.4 is 10.3 Å². The zero-order valence-electron chi connectivity index (χ0n) is 6.55. The zero-order valence-corrected chi connectivity index (χ0v) is 6.55. The molecule has 1 rings (SSSR count).